The number of nitrogens with one attached hydrogen (secondary N) is 1. The van der Waals surface area contributed by atoms with Gasteiger partial charge in [-0.15, -0.1) is 11.3 Å². The minimum Gasteiger partial charge on any atom is -0.351 e. The molecule has 2 saturated heterocycles. The molecule has 0 bridgehead atoms. The maximum atomic E-state index is 13.1. The van der Waals surface area contributed by atoms with Crippen LogP contribution in [-0.2, 0) is 16.1 Å². The molecule has 1 N–H and O–H groups in total. The smallest absolute Gasteiger partial charge is 0.263 e. The van der Waals surface area contributed by atoms with Crippen molar-refractivity contribution in [2.45, 2.75) is 19.4 Å². The van der Waals surface area contributed by atoms with E-state index < -0.39 is 0 Å². The SMILES string of the molecule is O=C(CN1CCN(C(=O)[C@@H]2CCCN(C(=O)c3cccs3)C2)CC1)NCc1ccccc1. The van der Waals surface area contributed by atoms with E-state index in [0.29, 0.717) is 52.4 Å². The summed E-state index contributed by atoms with van der Waals surface area (Å²) < 4.78 is 0. The first-order chi connectivity index (χ1) is 15.6. The third-order valence-electron chi connectivity index (χ3n) is 6.17. The molecule has 8 heteroatoms. The number of piperidine rings is 1. The van der Waals surface area contributed by atoms with Crippen LogP contribution in [0.5, 0.6) is 0 Å². The second kappa shape index (κ2) is 10.7. The summed E-state index contributed by atoms with van der Waals surface area (Å²) in [5.41, 5.74) is 1.08. The molecule has 1 atom stereocenters. The van der Waals surface area contributed by atoms with Crippen molar-refractivity contribution in [3.8, 4) is 0 Å². The summed E-state index contributed by atoms with van der Waals surface area (Å²) in [6.07, 6.45) is 1.68. The second-order valence-electron chi connectivity index (χ2n) is 8.43. The predicted molar refractivity (Wildman–Crippen MR) is 124 cm³/mol. The van der Waals surface area contributed by atoms with Gasteiger partial charge in [-0.25, -0.2) is 0 Å². The first-order valence-electron chi connectivity index (χ1n) is 11.2. The van der Waals surface area contributed by atoms with E-state index in [1.54, 1.807) is 0 Å². The number of hydrogen-bond acceptors (Lipinski definition) is 5. The summed E-state index contributed by atoms with van der Waals surface area (Å²) in [5.74, 6) is 0.0442. The van der Waals surface area contributed by atoms with Crippen molar-refractivity contribution in [3.63, 3.8) is 0 Å². The van der Waals surface area contributed by atoms with E-state index >= 15 is 0 Å². The van der Waals surface area contributed by atoms with Crippen LogP contribution >= 0.6 is 11.3 Å². The third kappa shape index (κ3) is 5.75. The molecule has 4 rings (SSSR count). The summed E-state index contributed by atoms with van der Waals surface area (Å²) in [4.78, 5) is 44.6. The third-order valence-corrected chi connectivity index (χ3v) is 7.03. The van der Waals surface area contributed by atoms with Gasteiger partial charge in [-0.3, -0.25) is 19.3 Å². The molecule has 1 aromatic heterocycles. The van der Waals surface area contributed by atoms with E-state index in [1.165, 1.54) is 11.3 Å². The zero-order chi connectivity index (χ0) is 22.3. The van der Waals surface area contributed by atoms with Crippen LogP contribution in [0, 0.1) is 5.92 Å². The summed E-state index contributed by atoms with van der Waals surface area (Å²) in [5, 5.41) is 4.87. The summed E-state index contributed by atoms with van der Waals surface area (Å²) in [7, 11) is 0. The molecule has 2 aliphatic rings. The monoisotopic (exact) mass is 454 g/mol. The first kappa shape index (κ1) is 22.5. The Morgan fingerprint density at radius 1 is 0.938 bits per heavy atom. The summed E-state index contributed by atoms with van der Waals surface area (Å²) in [6.45, 7) is 4.72. The molecule has 170 valence electrons. The van der Waals surface area contributed by atoms with E-state index in [-0.39, 0.29) is 23.6 Å². The quantitative estimate of drug-likeness (QED) is 0.725. The number of thiophene rings is 1. The topological polar surface area (TPSA) is 73.0 Å². The molecule has 3 heterocycles. The van der Waals surface area contributed by atoms with Crippen molar-refractivity contribution in [2.75, 3.05) is 45.8 Å². The van der Waals surface area contributed by atoms with Gasteiger partial charge in [0.15, 0.2) is 0 Å². The standard InChI is InChI=1S/C24H30N4O3S/c29-22(25-16-19-6-2-1-3-7-19)18-26-11-13-27(14-12-26)23(30)20-8-4-10-28(17-20)24(31)21-9-5-15-32-21/h1-3,5-7,9,15,20H,4,8,10-14,16-18H2,(H,25,29)/t20-/m1/s1. The Labute approximate surface area is 193 Å². The highest BCUT2D eigenvalue weighted by molar-refractivity contribution is 7.12. The van der Waals surface area contributed by atoms with Crippen LogP contribution in [0.2, 0.25) is 0 Å². The van der Waals surface area contributed by atoms with Crippen molar-refractivity contribution in [1.82, 2.24) is 20.0 Å². The fraction of sp³-hybridized carbons (Fsp3) is 0.458. The molecule has 0 unspecified atom stereocenters. The Balaban J connectivity index is 1.21. The average molecular weight is 455 g/mol. The molecule has 2 fully saturated rings. The minimum absolute atomic E-state index is 0.00337. The van der Waals surface area contributed by atoms with Crippen LogP contribution in [0.1, 0.15) is 28.1 Å². The Morgan fingerprint density at radius 3 is 2.44 bits per heavy atom. The molecule has 0 radical (unpaired) electrons. The van der Waals surface area contributed by atoms with Gasteiger partial charge >= 0.3 is 0 Å². The molecule has 0 aliphatic carbocycles. The van der Waals surface area contributed by atoms with Gasteiger partial charge in [-0.05, 0) is 29.9 Å². The van der Waals surface area contributed by atoms with Crippen LogP contribution < -0.4 is 5.32 Å². The zero-order valence-corrected chi connectivity index (χ0v) is 19.1. The number of nitrogens with zero attached hydrogens (tertiary/aromatic N) is 3. The van der Waals surface area contributed by atoms with Gasteiger partial charge in [0.05, 0.1) is 17.3 Å². The van der Waals surface area contributed by atoms with Crippen LogP contribution in [0.15, 0.2) is 47.8 Å². The highest BCUT2D eigenvalue weighted by Crippen LogP contribution is 2.22. The number of rotatable bonds is 6. The van der Waals surface area contributed by atoms with Crippen molar-refractivity contribution < 1.29 is 14.4 Å². The lowest BCUT2D eigenvalue weighted by atomic mass is 9.96. The Morgan fingerprint density at radius 2 is 1.72 bits per heavy atom. The number of carbonyl (C=O) groups excluding carboxylic acids is 3. The number of hydrogen-bond donors (Lipinski definition) is 1. The zero-order valence-electron chi connectivity index (χ0n) is 18.2. The number of benzene rings is 1. The summed E-state index contributed by atoms with van der Waals surface area (Å²) >= 11 is 1.44. The van der Waals surface area contributed by atoms with Crippen molar-refractivity contribution in [2.24, 2.45) is 5.92 Å². The van der Waals surface area contributed by atoms with E-state index in [0.717, 1.165) is 23.3 Å². The fourth-order valence-corrected chi connectivity index (χ4v) is 5.05. The van der Waals surface area contributed by atoms with Crippen LogP contribution in [0.25, 0.3) is 0 Å². The second-order valence-corrected chi connectivity index (χ2v) is 9.38. The maximum Gasteiger partial charge on any atom is 0.263 e. The number of likely N-dealkylation sites (tertiary alicyclic amines) is 1. The Hall–Kier alpha value is -2.71. The first-order valence-corrected chi connectivity index (χ1v) is 12.1. The number of amides is 3. The molecule has 2 aliphatic heterocycles. The van der Waals surface area contributed by atoms with E-state index in [2.05, 4.69) is 10.2 Å². The molecular formula is C24H30N4O3S. The number of piperazine rings is 1. The predicted octanol–water partition coefficient (Wildman–Crippen LogP) is 2.06. The molecule has 2 aromatic rings. The molecule has 0 saturated carbocycles. The van der Waals surface area contributed by atoms with E-state index in [4.69, 9.17) is 0 Å². The molecule has 0 spiro atoms. The lowest BCUT2D eigenvalue weighted by Crippen LogP contribution is -2.54. The van der Waals surface area contributed by atoms with Gasteiger partial charge in [-0.2, -0.15) is 0 Å². The minimum atomic E-state index is -0.131. The molecular weight excluding hydrogens is 424 g/mol. The number of carbonyl (C=O) groups is 3. The highest BCUT2D eigenvalue weighted by atomic mass is 32.1. The lowest BCUT2D eigenvalue weighted by molar-refractivity contribution is -0.138. The average Bonchev–Trinajstić information content (AvgIpc) is 3.38. The van der Waals surface area contributed by atoms with Gasteiger partial charge in [0.25, 0.3) is 5.91 Å². The van der Waals surface area contributed by atoms with Crippen LogP contribution in [0.3, 0.4) is 0 Å². The molecule has 3 amide bonds. The van der Waals surface area contributed by atoms with Gasteiger partial charge in [-0.1, -0.05) is 36.4 Å². The largest absolute Gasteiger partial charge is 0.351 e. The normalized spacial score (nSPS) is 19.6. The van der Waals surface area contributed by atoms with Crippen molar-refractivity contribution in [1.29, 1.82) is 0 Å². The highest BCUT2D eigenvalue weighted by Gasteiger charge is 2.33. The van der Waals surface area contributed by atoms with E-state index in [1.807, 2.05) is 57.6 Å². The van der Waals surface area contributed by atoms with Crippen LogP contribution in [-0.4, -0.2) is 78.2 Å². The van der Waals surface area contributed by atoms with Crippen molar-refractivity contribution >= 4 is 29.1 Å². The van der Waals surface area contributed by atoms with E-state index in [9.17, 15) is 14.4 Å². The van der Waals surface area contributed by atoms with Gasteiger partial charge < -0.3 is 15.1 Å². The molecule has 1 aromatic carbocycles. The summed E-state index contributed by atoms with van der Waals surface area (Å²) in [6, 6.07) is 13.6. The molecule has 7 nitrogen and oxygen atoms in total. The van der Waals surface area contributed by atoms with Gasteiger partial charge in [0, 0.05) is 45.8 Å². The fourth-order valence-electron chi connectivity index (χ4n) is 4.36. The Kier molecular flexibility index (Phi) is 7.55. The maximum absolute atomic E-state index is 13.1. The van der Waals surface area contributed by atoms with Gasteiger partial charge in [0.2, 0.25) is 11.8 Å². The lowest BCUT2D eigenvalue weighted by Gasteiger charge is -2.38. The molecule has 32 heavy (non-hydrogen) atoms. The Bertz CT molecular complexity index is 911. The van der Waals surface area contributed by atoms with Gasteiger partial charge in [0.1, 0.15) is 0 Å². The van der Waals surface area contributed by atoms with Crippen LogP contribution in [0.4, 0.5) is 0 Å². The van der Waals surface area contributed by atoms with Crippen molar-refractivity contribution in [3.05, 3.63) is 58.3 Å².